The van der Waals surface area contributed by atoms with E-state index in [0.29, 0.717) is 42.2 Å². The second-order valence-electron chi connectivity index (χ2n) is 5.03. The lowest BCUT2D eigenvalue weighted by Crippen LogP contribution is -2.23. The van der Waals surface area contributed by atoms with Gasteiger partial charge in [0.1, 0.15) is 11.6 Å². The standard InChI is InChI=1S/C15H16FN3O3S/c16-11-3-1-4-12(9-11)21-7-8-23-15-18-17-13(22-15)10-19-6-2-5-14(19)20/h1,3-4,9H,2,5-8,10H2. The monoisotopic (exact) mass is 337 g/mol. The number of thioether (sulfide) groups is 1. The fourth-order valence-corrected chi connectivity index (χ4v) is 2.84. The third kappa shape index (κ3) is 4.44. The summed E-state index contributed by atoms with van der Waals surface area (Å²) >= 11 is 1.36. The molecule has 8 heteroatoms. The van der Waals surface area contributed by atoms with Crippen molar-refractivity contribution in [3.05, 3.63) is 36.0 Å². The summed E-state index contributed by atoms with van der Waals surface area (Å²) in [5.41, 5.74) is 0. The van der Waals surface area contributed by atoms with Crippen molar-refractivity contribution < 1.29 is 18.3 Å². The molecule has 2 heterocycles. The number of carbonyl (C=O) groups is 1. The minimum atomic E-state index is -0.326. The number of hydrogen-bond donors (Lipinski definition) is 0. The van der Waals surface area contributed by atoms with Gasteiger partial charge in [-0.25, -0.2) is 4.39 Å². The minimum Gasteiger partial charge on any atom is -0.493 e. The fourth-order valence-electron chi connectivity index (χ4n) is 2.24. The number of hydrogen-bond acceptors (Lipinski definition) is 6. The predicted molar refractivity (Wildman–Crippen MR) is 81.6 cm³/mol. The van der Waals surface area contributed by atoms with E-state index in [1.54, 1.807) is 17.0 Å². The Hall–Kier alpha value is -2.09. The highest BCUT2D eigenvalue weighted by atomic mass is 32.2. The van der Waals surface area contributed by atoms with Crippen molar-refractivity contribution in [2.24, 2.45) is 0 Å². The fraction of sp³-hybridized carbons (Fsp3) is 0.400. The van der Waals surface area contributed by atoms with Crippen LogP contribution in [-0.4, -0.2) is 39.9 Å². The molecule has 1 saturated heterocycles. The lowest BCUT2D eigenvalue weighted by atomic mass is 10.3. The summed E-state index contributed by atoms with van der Waals surface area (Å²) in [4.78, 5) is 13.3. The zero-order chi connectivity index (χ0) is 16.1. The molecule has 0 bridgehead atoms. The number of likely N-dealkylation sites (tertiary alicyclic amines) is 1. The van der Waals surface area contributed by atoms with Crippen molar-refractivity contribution in [3.63, 3.8) is 0 Å². The summed E-state index contributed by atoms with van der Waals surface area (Å²) < 4.78 is 23.9. The molecule has 0 unspecified atom stereocenters. The van der Waals surface area contributed by atoms with Crippen LogP contribution in [0.15, 0.2) is 33.9 Å². The van der Waals surface area contributed by atoms with E-state index in [4.69, 9.17) is 9.15 Å². The largest absolute Gasteiger partial charge is 0.493 e. The zero-order valence-corrected chi connectivity index (χ0v) is 13.2. The van der Waals surface area contributed by atoms with Crippen LogP contribution in [0, 0.1) is 5.82 Å². The molecule has 0 atom stereocenters. The molecule has 0 saturated carbocycles. The molecular weight excluding hydrogens is 321 g/mol. The van der Waals surface area contributed by atoms with E-state index in [-0.39, 0.29) is 11.7 Å². The minimum absolute atomic E-state index is 0.126. The number of halogens is 1. The molecule has 1 amide bonds. The van der Waals surface area contributed by atoms with Crippen molar-refractivity contribution in [1.82, 2.24) is 15.1 Å². The Balaban J connectivity index is 1.41. The molecule has 122 valence electrons. The van der Waals surface area contributed by atoms with Gasteiger partial charge in [-0.3, -0.25) is 4.79 Å². The molecule has 1 aliphatic heterocycles. The van der Waals surface area contributed by atoms with Gasteiger partial charge in [0, 0.05) is 24.8 Å². The molecular formula is C15H16FN3O3S. The van der Waals surface area contributed by atoms with E-state index >= 15 is 0 Å². The third-order valence-electron chi connectivity index (χ3n) is 3.32. The molecule has 2 aromatic rings. The Labute approximate surface area is 137 Å². The SMILES string of the molecule is O=C1CCCN1Cc1nnc(SCCOc2cccc(F)c2)o1. The molecule has 1 aliphatic rings. The second-order valence-corrected chi connectivity index (χ2v) is 6.08. The van der Waals surface area contributed by atoms with Gasteiger partial charge in [-0.1, -0.05) is 17.8 Å². The number of carbonyl (C=O) groups excluding carboxylic acids is 1. The van der Waals surface area contributed by atoms with Crippen molar-refractivity contribution >= 4 is 17.7 Å². The second kappa shape index (κ2) is 7.45. The predicted octanol–water partition coefficient (Wildman–Crippen LogP) is 2.50. The van der Waals surface area contributed by atoms with Crippen LogP contribution in [0.5, 0.6) is 5.75 Å². The highest BCUT2D eigenvalue weighted by molar-refractivity contribution is 7.99. The molecule has 6 nitrogen and oxygen atoms in total. The normalized spacial score (nSPS) is 14.5. The van der Waals surface area contributed by atoms with Gasteiger partial charge >= 0.3 is 0 Å². The quantitative estimate of drug-likeness (QED) is 0.571. The van der Waals surface area contributed by atoms with Crippen LogP contribution in [0.4, 0.5) is 4.39 Å². The van der Waals surface area contributed by atoms with Crippen LogP contribution >= 0.6 is 11.8 Å². The summed E-state index contributed by atoms with van der Waals surface area (Å²) in [7, 11) is 0. The molecule has 0 spiro atoms. The van der Waals surface area contributed by atoms with Gasteiger partial charge in [0.05, 0.1) is 13.2 Å². The van der Waals surface area contributed by atoms with Gasteiger partial charge in [-0.15, -0.1) is 10.2 Å². The number of nitrogens with zero attached hydrogens (tertiary/aromatic N) is 3. The van der Waals surface area contributed by atoms with Crippen molar-refractivity contribution in [3.8, 4) is 5.75 Å². The van der Waals surface area contributed by atoms with Gasteiger partial charge in [0.15, 0.2) is 0 Å². The smallest absolute Gasteiger partial charge is 0.276 e. The summed E-state index contributed by atoms with van der Waals surface area (Å²) in [6.07, 6.45) is 1.47. The number of rotatable bonds is 7. The maximum absolute atomic E-state index is 13.0. The lowest BCUT2D eigenvalue weighted by molar-refractivity contribution is -0.128. The maximum atomic E-state index is 13.0. The number of amides is 1. The first-order chi connectivity index (χ1) is 11.2. The van der Waals surface area contributed by atoms with E-state index in [1.165, 1.54) is 23.9 Å². The maximum Gasteiger partial charge on any atom is 0.276 e. The average molecular weight is 337 g/mol. The summed E-state index contributed by atoms with van der Waals surface area (Å²) in [5, 5.41) is 8.31. The van der Waals surface area contributed by atoms with E-state index in [9.17, 15) is 9.18 Å². The Morgan fingerprint density at radius 2 is 2.30 bits per heavy atom. The lowest BCUT2D eigenvalue weighted by Gasteiger charge is -2.11. The van der Waals surface area contributed by atoms with E-state index in [1.807, 2.05) is 0 Å². The number of aromatic nitrogens is 2. The van der Waals surface area contributed by atoms with Crippen LogP contribution in [0.3, 0.4) is 0 Å². The van der Waals surface area contributed by atoms with Gasteiger partial charge in [-0.2, -0.15) is 0 Å². The molecule has 1 fully saturated rings. The van der Waals surface area contributed by atoms with Crippen LogP contribution in [0.2, 0.25) is 0 Å². The summed E-state index contributed by atoms with van der Waals surface area (Å²) in [5.74, 6) is 1.33. The third-order valence-corrected chi connectivity index (χ3v) is 4.10. The number of ether oxygens (including phenoxy) is 1. The Kier molecular flexibility index (Phi) is 5.12. The molecule has 0 N–H and O–H groups in total. The molecule has 0 radical (unpaired) electrons. The van der Waals surface area contributed by atoms with Gasteiger partial charge < -0.3 is 14.1 Å². The van der Waals surface area contributed by atoms with E-state index in [2.05, 4.69) is 10.2 Å². The molecule has 0 aliphatic carbocycles. The first-order valence-corrected chi connectivity index (χ1v) is 8.30. The first-order valence-electron chi connectivity index (χ1n) is 7.32. The first kappa shape index (κ1) is 15.8. The molecule has 1 aromatic carbocycles. The zero-order valence-electron chi connectivity index (χ0n) is 12.4. The highest BCUT2D eigenvalue weighted by Crippen LogP contribution is 2.19. The number of benzene rings is 1. The van der Waals surface area contributed by atoms with Gasteiger partial charge in [0.25, 0.3) is 5.22 Å². The van der Waals surface area contributed by atoms with Crippen molar-refractivity contribution in [1.29, 1.82) is 0 Å². The van der Waals surface area contributed by atoms with Gasteiger partial charge in [0.2, 0.25) is 11.8 Å². The highest BCUT2D eigenvalue weighted by Gasteiger charge is 2.22. The van der Waals surface area contributed by atoms with Crippen LogP contribution in [-0.2, 0) is 11.3 Å². The van der Waals surface area contributed by atoms with E-state index in [0.717, 1.165) is 13.0 Å². The molecule has 3 rings (SSSR count). The van der Waals surface area contributed by atoms with Crippen molar-refractivity contribution in [2.45, 2.75) is 24.6 Å². The van der Waals surface area contributed by atoms with Crippen LogP contribution in [0.25, 0.3) is 0 Å². The molecule has 1 aromatic heterocycles. The van der Waals surface area contributed by atoms with Gasteiger partial charge in [-0.05, 0) is 18.6 Å². The molecule has 23 heavy (non-hydrogen) atoms. The summed E-state index contributed by atoms with van der Waals surface area (Å²) in [6.45, 7) is 1.51. The van der Waals surface area contributed by atoms with Crippen LogP contribution in [0.1, 0.15) is 18.7 Å². The topological polar surface area (TPSA) is 68.5 Å². The summed E-state index contributed by atoms with van der Waals surface area (Å²) in [6, 6.07) is 6.00. The van der Waals surface area contributed by atoms with Crippen LogP contribution < -0.4 is 4.74 Å². The Morgan fingerprint density at radius 3 is 3.09 bits per heavy atom. The Bertz CT molecular complexity index is 679. The van der Waals surface area contributed by atoms with E-state index < -0.39 is 0 Å². The van der Waals surface area contributed by atoms with Crippen molar-refractivity contribution in [2.75, 3.05) is 18.9 Å². The Morgan fingerprint density at radius 1 is 1.39 bits per heavy atom. The average Bonchev–Trinajstić information content (AvgIpc) is 3.14.